The molecular weight excluding hydrogens is 390 g/mol. The van der Waals surface area contributed by atoms with Crippen molar-refractivity contribution in [3.05, 3.63) is 42.7 Å². The third kappa shape index (κ3) is 4.80. The van der Waals surface area contributed by atoms with Crippen molar-refractivity contribution in [3.63, 3.8) is 0 Å². The minimum atomic E-state index is -0.170. The van der Waals surface area contributed by atoms with Gasteiger partial charge in [-0.25, -0.2) is 14.6 Å². The Kier molecular flexibility index (Phi) is 5.84. The number of piperazine rings is 1. The number of nitrogens with zero attached hydrogens (tertiary/aromatic N) is 8. The highest BCUT2D eigenvalue weighted by Gasteiger charge is 2.19. The van der Waals surface area contributed by atoms with Crippen molar-refractivity contribution in [3.8, 4) is 0 Å². The van der Waals surface area contributed by atoms with Crippen LogP contribution in [0.15, 0.2) is 47.9 Å². The van der Waals surface area contributed by atoms with Crippen molar-refractivity contribution in [2.24, 2.45) is 7.05 Å². The number of benzene rings is 1. The molecule has 1 aromatic carbocycles. The van der Waals surface area contributed by atoms with E-state index in [2.05, 4.69) is 64.9 Å². The molecule has 1 aliphatic rings. The molecule has 0 unspecified atom stereocenters. The molecule has 10 nitrogen and oxygen atoms in total. The summed E-state index contributed by atoms with van der Waals surface area (Å²) < 4.78 is 1.52. The number of anilines is 3. The van der Waals surface area contributed by atoms with Crippen LogP contribution in [-0.2, 0) is 11.8 Å². The first-order valence-corrected chi connectivity index (χ1v) is 10.2. The highest BCUT2D eigenvalue weighted by Crippen LogP contribution is 2.20. The number of carbonyl (C=O) groups is 1. The molecule has 150 valence electrons. The Labute approximate surface area is 172 Å². The lowest BCUT2D eigenvalue weighted by molar-refractivity contribution is -0.113. The summed E-state index contributed by atoms with van der Waals surface area (Å²) in [5.41, 5.74) is 1.23. The third-order valence-electron chi connectivity index (χ3n) is 4.56. The Balaban J connectivity index is 1.32. The first kappa shape index (κ1) is 19.1. The number of amides is 1. The van der Waals surface area contributed by atoms with Gasteiger partial charge in [0.05, 0.1) is 5.75 Å². The Morgan fingerprint density at radius 2 is 1.86 bits per heavy atom. The molecule has 0 aliphatic carbocycles. The van der Waals surface area contributed by atoms with Crippen molar-refractivity contribution < 1.29 is 4.79 Å². The molecule has 0 bridgehead atoms. The van der Waals surface area contributed by atoms with E-state index >= 15 is 0 Å². The van der Waals surface area contributed by atoms with Gasteiger partial charge < -0.3 is 15.1 Å². The maximum Gasteiger partial charge on any atom is 0.236 e. The van der Waals surface area contributed by atoms with E-state index < -0.39 is 0 Å². The van der Waals surface area contributed by atoms with Crippen LogP contribution in [0.4, 0.5) is 17.3 Å². The van der Waals surface area contributed by atoms with Gasteiger partial charge in [0.25, 0.3) is 0 Å². The molecule has 1 amide bonds. The lowest BCUT2D eigenvalue weighted by Crippen LogP contribution is -2.46. The van der Waals surface area contributed by atoms with Gasteiger partial charge in [-0.05, 0) is 22.6 Å². The highest BCUT2D eigenvalue weighted by molar-refractivity contribution is 7.99. The molecule has 3 heterocycles. The third-order valence-corrected chi connectivity index (χ3v) is 5.57. The lowest BCUT2D eigenvalue weighted by atomic mass is 10.2. The number of hydrogen-bond donors (Lipinski definition) is 1. The second kappa shape index (κ2) is 8.86. The van der Waals surface area contributed by atoms with Gasteiger partial charge >= 0.3 is 0 Å². The zero-order valence-corrected chi connectivity index (χ0v) is 16.8. The molecular formula is C18H21N9OS. The quantitative estimate of drug-likeness (QED) is 0.596. The van der Waals surface area contributed by atoms with Crippen LogP contribution in [0.25, 0.3) is 0 Å². The normalized spacial score (nSPS) is 14.1. The predicted molar refractivity (Wildman–Crippen MR) is 111 cm³/mol. The number of nitrogens with one attached hydrogen (secondary N) is 1. The predicted octanol–water partition coefficient (Wildman–Crippen LogP) is 1.06. The van der Waals surface area contributed by atoms with Crippen molar-refractivity contribution in [2.45, 2.75) is 5.16 Å². The van der Waals surface area contributed by atoms with Crippen LogP contribution >= 0.6 is 11.8 Å². The van der Waals surface area contributed by atoms with E-state index in [1.165, 1.54) is 28.5 Å². The molecule has 0 saturated carbocycles. The Hall–Kier alpha value is -3.21. The maximum absolute atomic E-state index is 12.2. The summed E-state index contributed by atoms with van der Waals surface area (Å²) in [7, 11) is 1.73. The summed E-state index contributed by atoms with van der Waals surface area (Å²) in [4.78, 5) is 25.3. The van der Waals surface area contributed by atoms with E-state index in [1.54, 1.807) is 7.05 Å². The molecule has 1 aliphatic heterocycles. The average molecular weight is 411 g/mol. The fraction of sp³-hybridized carbons (Fsp3) is 0.333. The SMILES string of the molecule is Cn1nnnc1SCC(=O)Nc1cc(N2CCN(c3ccccc3)CC2)ncn1. The zero-order chi connectivity index (χ0) is 20.1. The smallest absolute Gasteiger partial charge is 0.236 e. The van der Waals surface area contributed by atoms with E-state index in [0.717, 1.165) is 32.0 Å². The van der Waals surface area contributed by atoms with Crippen molar-refractivity contribution in [1.29, 1.82) is 0 Å². The molecule has 2 aromatic heterocycles. The van der Waals surface area contributed by atoms with Crippen LogP contribution in [0.1, 0.15) is 0 Å². The van der Waals surface area contributed by atoms with Gasteiger partial charge in [-0.1, -0.05) is 30.0 Å². The number of carbonyl (C=O) groups excluding carboxylic acids is 1. The van der Waals surface area contributed by atoms with Crippen molar-refractivity contribution >= 4 is 35.0 Å². The van der Waals surface area contributed by atoms with E-state index in [4.69, 9.17) is 0 Å². The largest absolute Gasteiger partial charge is 0.368 e. The minimum Gasteiger partial charge on any atom is -0.368 e. The Bertz CT molecular complexity index is 957. The van der Waals surface area contributed by atoms with Crippen LogP contribution < -0.4 is 15.1 Å². The first-order chi connectivity index (χ1) is 14.2. The minimum absolute atomic E-state index is 0.170. The number of hydrogen-bond acceptors (Lipinski definition) is 9. The topological polar surface area (TPSA) is 105 Å². The second-order valence-corrected chi connectivity index (χ2v) is 7.44. The molecule has 0 radical (unpaired) electrons. The molecule has 4 rings (SSSR count). The fourth-order valence-corrected chi connectivity index (χ4v) is 3.72. The van der Waals surface area contributed by atoms with Gasteiger partial charge in [-0.15, -0.1) is 5.10 Å². The maximum atomic E-state index is 12.2. The van der Waals surface area contributed by atoms with E-state index in [1.807, 2.05) is 12.1 Å². The van der Waals surface area contributed by atoms with E-state index in [-0.39, 0.29) is 11.7 Å². The average Bonchev–Trinajstić information content (AvgIpc) is 3.18. The summed E-state index contributed by atoms with van der Waals surface area (Å²) in [6.07, 6.45) is 1.48. The molecule has 0 atom stereocenters. The molecule has 11 heteroatoms. The number of thioether (sulfide) groups is 1. The summed E-state index contributed by atoms with van der Waals surface area (Å²) in [5, 5.41) is 14.5. The molecule has 0 spiro atoms. The van der Waals surface area contributed by atoms with Gasteiger partial charge in [-0.2, -0.15) is 0 Å². The number of rotatable bonds is 6. The fourth-order valence-electron chi connectivity index (χ4n) is 3.07. The van der Waals surface area contributed by atoms with Crippen LogP contribution in [-0.4, -0.2) is 68.0 Å². The van der Waals surface area contributed by atoms with Crippen LogP contribution in [0, 0.1) is 0 Å². The van der Waals surface area contributed by atoms with Crippen LogP contribution in [0.5, 0.6) is 0 Å². The standard InChI is InChI=1S/C18H21N9OS/c1-25-18(22-23-24-25)29-12-17(28)21-15-11-16(20-13-19-15)27-9-7-26(8-10-27)14-5-3-2-4-6-14/h2-6,11,13H,7-10,12H2,1H3,(H,19,20,21,28). The van der Waals surface area contributed by atoms with Crippen LogP contribution in [0.2, 0.25) is 0 Å². The molecule has 1 saturated heterocycles. The number of aromatic nitrogens is 6. The van der Waals surface area contributed by atoms with E-state index in [0.29, 0.717) is 11.0 Å². The zero-order valence-electron chi connectivity index (χ0n) is 16.0. The van der Waals surface area contributed by atoms with Gasteiger partial charge in [0.2, 0.25) is 11.1 Å². The Morgan fingerprint density at radius 3 is 2.59 bits per heavy atom. The lowest BCUT2D eigenvalue weighted by Gasteiger charge is -2.36. The monoisotopic (exact) mass is 411 g/mol. The number of para-hydroxylation sites is 1. The first-order valence-electron chi connectivity index (χ1n) is 9.21. The highest BCUT2D eigenvalue weighted by atomic mass is 32.2. The van der Waals surface area contributed by atoms with Crippen molar-refractivity contribution in [2.75, 3.05) is 47.0 Å². The molecule has 29 heavy (non-hydrogen) atoms. The van der Waals surface area contributed by atoms with Crippen molar-refractivity contribution in [1.82, 2.24) is 30.2 Å². The van der Waals surface area contributed by atoms with E-state index in [9.17, 15) is 4.79 Å². The van der Waals surface area contributed by atoms with Crippen LogP contribution in [0.3, 0.4) is 0 Å². The van der Waals surface area contributed by atoms with Gasteiger partial charge in [0, 0.05) is 45.0 Å². The second-order valence-electron chi connectivity index (χ2n) is 6.49. The summed E-state index contributed by atoms with van der Waals surface area (Å²) >= 11 is 1.27. The number of tetrazole rings is 1. The summed E-state index contributed by atoms with van der Waals surface area (Å²) in [6, 6.07) is 12.2. The summed E-state index contributed by atoms with van der Waals surface area (Å²) in [6.45, 7) is 3.54. The number of aryl methyl sites for hydroxylation is 1. The molecule has 1 fully saturated rings. The Morgan fingerprint density at radius 1 is 1.10 bits per heavy atom. The molecule has 1 N–H and O–H groups in total. The molecule has 3 aromatic rings. The van der Waals surface area contributed by atoms with Gasteiger partial charge in [0.1, 0.15) is 18.0 Å². The van der Waals surface area contributed by atoms with Gasteiger partial charge in [-0.3, -0.25) is 4.79 Å². The summed E-state index contributed by atoms with van der Waals surface area (Å²) in [5.74, 6) is 1.33. The van der Waals surface area contributed by atoms with Gasteiger partial charge in [0.15, 0.2) is 0 Å².